The molecule has 0 aliphatic rings. The van der Waals surface area contributed by atoms with Crippen molar-refractivity contribution in [1.82, 2.24) is 5.32 Å². The van der Waals surface area contributed by atoms with Crippen LogP contribution in [0, 0.1) is 5.82 Å². The normalized spacial score (nSPS) is 10.2. The first-order chi connectivity index (χ1) is 9.08. The Balaban J connectivity index is 2.10. The van der Waals surface area contributed by atoms with Gasteiger partial charge in [0.1, 0.15) is 22.9 Å². The second-order valence-corrected chi connectivity index (χ2v) is 3.99. The van der Waals surface area contributed by atoms with Gasteiger partial charge in [-0.2, -0.15) is 0 Å². The Kier molecular flexibility index (Phi) is 3.66. The van der Waals surface area contributed by atoms with Gasteiger partial charge in [0.15, 0.2) is 0 Å². The lowest BCUT2D eigenvalue weighted by atomic mass is 10.1. The molecular weight excluding hydrogens is 249 g/mol. The number of hydrogen-bond donors (Lipinski definition) is 3. The Morgan fingerprint density at radius 3 is 2.58 bits per heavy atom. The molecule has 0 unspecified atom stereocenters. The van der Waals surface area contributed by atoms with Crippen LogP contribution in [0.4, 0.5) is 4.39 Å². The van der Waals surface area contributed by atoms with Crippen LogP contribution in [-0.2, 0) is 6.54 Å². The highest BCUT2D eigenvalue weighted by Gasteiger charge is 2.15. The van der Waals surface area contributed by atoms with E-state index in [1.807, 2.05) is 0 Å². The highest BCUT2D eigenvalue weighted by Crippen LogP contribution is 2.19. The Labute approximate surface area is 109 Å². The molecule has 0 saturated heterocycles. The van der Waals surface area contributed by atoms with Crippen LogP contribution >= 0.6 is 0 Å². The maximum Gasteiger partial charge on any atom is 0.258 e. The standard InChI is InChI=1S/C14H12FNO3/c15-11-5-2-6-12(18)13(11)14(19)16-8-9-3-1-4-10(17)7-9/h1-7,17-18H,8H2,(H,16,19). The number of phenolic OH excluding ortho intramolecular Hbond substituents is 2. The molecule has 3 N–H and O–H groups in total. The van der Waals surface area contributed by atoms with Gasteiger partial charge >= 0.3 is 0 Å². The van der Waals surface area contributed by atoms with Crippen LogP contribution in [0.2, 0.25) is 0 Å². The zero-order valence-electron chi connectivity index (χ0n) is 9.93. The molecule has 19 heavy (non-hydrogen) atoms. The van der Waals surface area contributed by atoms with Gasteiger partial charge in [-0.05, 0) is 29.8 Å². The Hall–Kier alpha value is -2.56. The molecular formula is C14H12FNO3. The quantitative estimate of drug-likeness (QED) is 0.793. The monoisotopic (exact) mass is 261 g/mol. The van der Waals surface area contributed by atoms with Crippen molar-refractivity contribution in [2.45, 2.75) is 6.54 Å². The molecule has 0 aliphatic carbocycles. The molecule has 0 atom stereocenters. The van der Waals surface area contributed by atoms with Gasteiger partial charge in [0.2, 0.25) is 0 Å². The van der Waals surface area contributed by atoms with Crippen LogP contribution in [0.1, 0.15) is 15.9 Å². The fourth-order valence-electron chi connectivity index (χ4n) is 1.67. The average molecular weight is 261 g/mol. The number of carbonyl (C=O) groups excluding carboxylic acids is 1. The topological polar surface area (TPSA) is 69.6 Å². The molecule has 0 heterocycles. The zero-order chi connectivity index (χ0) is 13.8. The van der Waals surface area contributed by atoms with Crippen molar-refractivity contribution in [3.8, 4) is 11.5 Å². The van der Waals surface area contributed by atoms with Crippen LogP contribution in [0.3, 0.4) is 0 Å². The third-order valence-electron chi connectivity index (χ3n) is 2.58. The summed E-state index contributed by atoms with van der Waals surface area (Å²) >= 11 is 0. The van der Waals surface area contributed by atoms with Gasteiger partial charge in [-0.15, -0.1) is 0 Å². The third-order valence-corrected chi connectivity index (χ3v) is 2.58. The van der Waals surface area contributed by atoms with E-state index in [1.54, 1.807) is 12.1 Å². The van der Waals surface area contributed by atoms with E-state index in [2.05, 4.69) is 5.32 Å². The molecule has 0 aliphatic heterocycles. The van der Waals surface area contributed by atoms with E-state index in [0.717, 1.165) is 6.07 Å². The van der Waals surface area contributed by atoms with E-state index < -0.39 is 17.5 Å². The number of aromatic hydroxyl groups is 2. The molecule has 5 heteroatoms. The van der Waals surface area contributed by atoms with Gasteiger partial charge < -0.3 is 15.5 Å². The number of carbonyl (C=O) groups is 1. The minimum absolute atomic E-state index is 0.0838. The molecule has 98 valence electrons. The third kappa shape index (κ3) is 3.01. The van der Waals surface area contributed by atoms with Gasteiger partial charge in [-0.1, -0.05) is 18.2 Å². The maximum atomic E-state index is 13.4. The fraction of sp³-hybridized carbons (Fsp3) is 0.0714. The van der Waals surface area contributed by atoms with E-state index >= 15 is 0 Å². The van der Waals surface area contributed by atoms with E-state index in [9.17, 15) is 19.4 Å². The average Bonchev–Trinajstić information content (AvgIpc) is 2.36. The molecule has 0 spiro atoms. The minimum atomic E-state index is -0.784. The Morgan fingerprint density at radius 2 is 1.89 bits per heavy atom. The van der Waals surface area contributed by atoms with E-state index in [4.69, 9.17) is 0 Å². The van der Waals surface area contributed by atoms with Crippen molar-refractivity contribution in [3.63, 3.8) is 0 Å². The highest BCUT2D eigenvalue weighted by molar-refractivity contribution is 5.97. The molecule has 0 bridgehead atoms. The van der Waals surface area contributed by atoms with Gasteiger partial charge in [-0.25, -0.2) is 4.39 Å². The van der Waals surface area contributed by atoms with Crippen LogP contribution in [-0.4, -0.2) is 16.1 Å². The van der Waals surface area contributed by atoms with Crippen LogP contribution in [0.15, 0.2) is 42.5 Å². The number of halogens is 1. The summed E-state index contributed by atoms with van der Waals surface area (Å²) in [7, 11) is 0. The number of amides is 1. The highest BCUT2D eigenvalue weighted by atomic mass is 19.1. The molecule has 0 saturated carbocycles. The summed E-state index contributed by atoms with van der Waals surface area (Å²) in [6.07, 6.45) is 0. The summed E-state index contributed by atoms with van der Waals surface area (Å²) in [5.74, 6) is -1.82. The van der Waals surface area contributed by atoms with Crippen molar-refractivity contribution in [3.05, 3.63) is 59.4 Å². The van der Waals surface area contributed by atoms with Crippen molar-refractivity contribution in [2.75, 3.05) is 0 Å². The molecule has 2 aromatic carbocycles. The number of rotatable bonds is 3. The van der Waals surface area contributed by atoms with Crippen LogP contribution in [0.25, 0.3) is 0 Å². The summed E-state index contributed by atoms with van der Waals surface area (Å²) in [6.45, 7) is 0.126. The lowest BCUT2D eigenvalue weighted by Gasteiger charge is -2.08. The number of nitrogens with one attached hydrogen (secondary N) is 1. The van der Waals surface area contributed by atoms with Gasteiger partial charge in [0.05, 0.1) is 0 Å². The molecule has 4 nitrogen and oxygen atoms in total. The number of benzene rings is 2. The largest absolute Gasteiger partial charge is 0.508 e. The SMILES string of the molecule is O=C(NCc1cccc(O)c1)c1c(O)cccc1F. The first kappa shape index (κ1) is 12.9. The van der Waals surface area contributed by atoms with Crippen molar-refractivity contribution in [1.29, 1.82) is 0 Å². The lowest BCUT2D eigenvalue weighted by molar-refractivity contribution is 0.0944. The Bertz CT molecular complexity index is 593. The van der Waals surface area contributed by atoms with Gasteiger partial charge in [0, 0.05) is 6.54 Å². The molecule has 0 aromatic heterocycles. The first-order valence-electron chi connectivity index (χ1n) is 5.61. The van der Waals surface area contributed by atoms with Crippen molar-refractivity contribution < 1.29 is 19.4 Å². The second kappa shape index (κ2) is 5.39. The summed E-state index contributed by atoms with van der Waals surface area (Å²) < 4.78 is 13.4. The van der Waals surface area contributed by atoms with E-state index in [-0.39, 0.29) is 17.9 Å². The summed E-state index contributed by atoms with van der Waals surface area (Å²) in [5.41, 5.74) is 0.284. The summed E-state index contributed by atoms with van der Waals surface area (Å²) in [5, 5.41) is 21.2. The predicted molar refractivity (Wildman–Crippen MR) is 67.3 cm³/mol. The van der Waals surface area contributed by atoms with Crippen molar-refractivity contribution in [2.24, 2.45) is 0 Å². The minimum Gasteiger partial charge on any atom is -0.508 e. The predicted octanol–water partition coefficient (Wildman–Crippen LogP) is 2.17. The Morgan fingerprint density at radius 1 is 1.16 bits per heavy atom. The smallest absolute Gasteiger partial charge is 0.258 e. The fourth-order valence-corrected chi connectivity index (χ4v) is 1.67. The van der Waals surface area contributed by atoms with E-state index in [1.165, 1.54) is 24.3 Å². The second-order valence-electron chi connectivity index (χ2n) is 3.99. The maximum absolute atomic E-state index is 13.4. The molecule has 2 aromatic rings. The van der Waals surface area contributed by atoms with Gasteiger partial charge in [0.25, 0.3) is 5.91 Å². The summed E-state index contributed by atoms with van der Waals surface area (Å²) in [6, 6.07) is 10.0. The number of hydrogen-bond acceptors (Lipinski definition) is 3. The van der Waals surface area contributed by atoms with Crippen molar-refractivity contribution >= 4 is 5.91 Å². The molecule has 2 rings (SSSR count). The lowest BCUT2D eigenvalue weighted by Crippen LogP contribution is -2.23. The molecule has 0 radical (unpaired) electrons. The number of phenols is 2. The molecule has 0 fully saturated rings. The first-order valence-corrected chi connectivity index (χ1v) is 5.61. The van der Waals surface area contributed by atoms with Gasteiger partial charge in [-0.3, -0.25) is 4.79 Å². The van der Waals surface area contributed by atoms with Crippen LogP contribution < -0.4 is 5.32 Å². The van der Waals surface area contributed by atoms with E-state index in [0.29, 0.717) is 5.56 Å². The van der Waals surface area contributed by atoms with Crippen LogP contribution in [0.5, 0.6) is 11.5 Å². The zero-order valence-corrected chi connectivity index (χ0v) is 9.93. The summed E-state index contributed by atoms with van der Waals surface area (Å²) in [4.78, 5) is 11.8. The molecule has 1 amide bonds.